The zero-order chi connectivity index (χ0) is 87.9. The smallest absolute Gasteiger partial charge is 0.229 e. The number of anilines is 8. The van der Waals surface area contributed by atoms with Gasteiger partial charge in [0.05, 0.1) is 203 Å². The monoisotopic (exact) mass is 1820 g/mol. The molecule has 40 nitrogen and oxygen atoms in total. The van der Waals surface area contributed by atoms with Gasteiger partial charge in [-0.2, -0.15) is 70.4 Å². The number of aromatic amines is 1. The van der Waals surface area contributed by atoms with E-state index in [0.717, 1.165) is 129 Å². The average molecular weight is 1830 g/mol. The fourth-order valence-electron chi connectivity index (χ4n) is 15.1. The fourth-order valence-corrected chi connectivity index (χ4v) is 21.3. The SMILES string of the molecule is CCS(=O)(=O)N1CC(CC#N)(n2cc(-c3nc(Nc4cc(C)[nH]n4)nc4ccsc34)cn2)C1.CS(=O)(=O)CCCn1cc(Nc2nc(-c3cnn(C4(CC#N)CCC4)c3)c3sccc3n2)cn1.Cn1cc(Nc2nc(-c3cnn(C4(CC#N)CC4)c3)c3sccc3n2)cn1.Cn1cc(Nc2nc(-c3cnn(C4(CC#N)CN(S(C)(=O)=O)C4)c3)c3sccc3n2)cn1. The van der Waals surface area contributed by atoms with E-state index in [4.69, 9.17) is 25.2 Å². The van der Waals surface area contributed by atoms with Crippen LogP contribution in [0.5, 0.6) is 0 Å². The van der Waals surface area contributed by atoms with Gasteiger partial charge in [0.25, 0.3) is 0 Å². The minimum absolute atomic E-state index is 0.0303. The van der Waals surface area contributed by atoms with Gasteiger partial charge in [0.2, 0.25) is 43.8 Å². The van der Waals surface area contributed by atoms with Crippen LogP contribution in [-0.2, 0) is 72.7 Å². The summed E-state index contributed by atoms with van der Waals surface area (Å²) in [7, 11) is -5.92. The number of aryl methyl sites for hydroxylation is 4. The molecule has 126 heavy (non-hydrogen) atoms. The van der Waals surface area contributed by atoms with Crippen molar-refractivity contribution < 1.29 is 25.3 Å². The van der Waals surface area contributed by atoms with Gasteiger partial charge in [-0.1, -0.05) is 0 Å². The van der Waals surface area contributed by atoms with E-state index in [1.807, 2.05) is 138 Å². The molecular formula is C79H80N34O6S7. The van der Waals surface area contributed by atoms with Crippen molar-refractivity contribution in [2.75, 3.05) is 71.5 Å². The summed E-state index contributed by atoms with van der Waals surface area (Å²) >= 11 is 6.25. The van der Waals surface area contributed by atoms with Gasteiger partial charge in [0.1, 0.15) is 20.9 Å². The van der Waals surface area contributed by atoms with Gasteiger partial charge >= 0.3 is 0 Å². The molecule has 0 bridgehead atoms. The molecule has 0 atom stereocenters. The van der Waals surface area contributed by atoms with E-state index >= 15 is 0 Å². The molecule has 4 aliphatic rings. The molecule has 0 spiro atoms. The Labute approximate surface area is 736 Å². The molecule has 0 unspecified atom stereocenters. The lowest BCUT2D eigenvalue weighted by atomic mass is 9.75. The number of nitriles is 4. The van der Waals surface area contributed by atoms with Crippen LogP contribution < -0.4 is 21.3 Å². The second-order valence-corrected chi connectivity index (χ2v) is 41.5. The van der Waals surface area contributed by atoms with Crippen molar-refractivity contribution in [2.45, 2.75) is 107 Å². The number of sulfone groups is 1. The van der Waals surface area contributed by atoms with E-state index in [1.165, 1.54) is 43.8 Å². The second-order valence-electron chi connectivity index (χ2n) is 31.3. The van der Waals surface area contributed by atoms with Crippen molar-refractivity contribution in [3.63, 3.8) is 0 Å². The van der Waals surface area contributed by atoms with Crippen LogP contribution >= 0.6 is 45.3 Å². The summed E-state index contributed by atoms with van der Waals surface area (Å²) in [6.45, 7) is 4.91. The largest absolute Gasteiger partial charge is 0.321 e. The van der Waals surface area contributed by atoms with Gasteiger partial charge in [-0.25, -0.2) is 65.1 Å². The van der Waals surface area contributed by atoms with Gasteiger partial charge in [-0.15, -0.1) is 45.3 Å². The Balaban J connectivity index is 0.000000119. The van der Waals surface area contributed by atoms with Crippen LogP contribution in [0.4, 0.5) is 46.7 Å². The highest BCUT2D eigenvalue weighted by molar-refractivity contribution is 7.90. The molecule has 0 aromatic carbocycles. The van der Waals surface area contributed by atoms with Crippen LogP contribution in [0.15, 0.2) is 139 Å². The molecule has 2 aliphatic heterocycles. The van der Waals surface area contributed by atoms with Crippen LogP contribution in [0.2, 0.25) is 0 Å². The number of H-pyrrole nitrogens is 1. The molecule has 18 heterocycles. The Morgan fingerprint density at radius 1 is 0.452 bits per heavy atom. The molecule has 20 rings (SSSR count). The first-order valence-electron chi connectivity index (χ1n) is 39.5. The minimum Gasteiger partial charge on any atom is -0.321 e. The summed E-state index contributed by atoms with van der Waals surface area (Å²) in [6, 6.07) is 18.6. The summed E-state index contributed by atoms with van der Waals surface area (Å²) in [5, 5.41) is 95.5. The highest BCUT2D eigenvalue weighted by Crippen LogP contribution is 2.48. The molecule has 644 valence electrons. The maximum absolute atomic E-state index is 12.2. The van der Waals surface area contributed by atoms with Gasteiger partial charge < -0.3 is 21.3 Å². The van der Waals surface area contributed by atoms with Gasteiger partial charge in [0.15, 0.2) is 5.82 Å². The molecule has 0 amide bonds. The van der Waals surface area contributed by atoms with Crippen molar-refractivity contribution in [3.05, 3.63) is 144 Å². The second kappa shape index (κ2) is 34.4. The van der Waals surface area contributed by atoms with Crippen LogP contribution in [-0.4, -0.2) is 203 Å². The maximum Gasteiger partial charge on any atom is 0.229 e. The zero-order valence-corrected chi connectivity index (χ0v) is 74.3. The van der Waals surface area contributed by atoms with Crippen molar-refractivity contribution >= 4 is 163 Å². The quantitative estimate of drug-likeness (QED) is 0.0319. The fraction of sp³-hybridized carbons (Fsp3) is 0.342. The number of fused-ring (bicyclic) bond motifs is 4. The number of nitrogens with one attached hydrogen (secondary N) is 5. The predicted octanol–water partition coefficient (Wildman–Crippen LogP) is 11.7. The summed E-state index contributed by atoms with van der Waals surface area (Å²) in [5.41, 5.74) is 11.3. The minimum atomic E-state index is -3.31. The highest BCUT2D eigenvalue weighted by Gasteiger charge is 2.51. The standard InChI is InChI=1S/C22H24N8O2S2.C20H21N9O2S2.C19H19N9O2S2.C18H16N8S/c1-34(31,32)11-3-9-29-15-17(13-24-29)26-21-27-18-4-10-33-20(18)19(28-21)16-12-25-30(14-16)22(7-8-23)5-2-6-22;1-3-33(30,31)28-11-20(12-28,5-6-21)29-10-14(9-22-29)17-18-15(4-7-32-18)23-19(25-17)24-16-8-13(2)26-27-16;1-26-10-14(8-21-26)23-18-24-15-3-6-31-17(15)16(25-18)13-7-22-28(9-13)19(4-5-20)11-27(12-19)32(2,29)30;1-25-11-13(9-20-25)22-17-23-14-2-7-27-16(14)15(24-17)12-8-21-26(10-12)18(3-4-18)5-6-19/h4,10,12-15H,2-3,5-7,9,11H2,1H3,(H,26,27,28);4,7-10H,3,5,11-12H2,1-2H3,(H2,23,24,25,26,27);3,6-10H,4,11-12H2,1-2H3,(H,23,24,25);2,7-11H,3-5H2,1H3,(H,22,23,24). The predicted molar refractivity (Wildman–Crippen MR) is 477 cm³/mol. The molecule has 0 radical (unpaired) electrons. The normalized spacial score (nSPS) is 15.5. The van der Waals surface area contributed by atoms with E-state index in [2.05, 4.69) is 111 Å². The lowest BCUT2D eigenvalue weighted by molar-refractivity contribution is 0.0719. The lowest BCUT2D eigenvalue weighted by Gasteiger charge is -2.47. The van der Waals surface area contributed by atoms with Crippen molar-refractivity contribution in [1.82, 2.24) is 127 Å². The third-order valence-corrected chi connectivity index (χ3v) is 29.7. The Morgan fingerprint density at radius 3 is 1.15 bits per heavy atom. The Morgan fingerprint density at radius 2 is 0.817 bits per heavy atom. The summed E-state index contributed by atoms with van der Waals surface area (Å²) in [4.78, 5) is 37.3. The molecule has 2 saturated heterocycles. The summed E-state index contributed by atoms with van der Waals surface area (Å²) in [5.74, 6) is 2.58. The van der Waals surface area contributed by atoms with Crippen molar-refractivity contribution in [1.29, 1.82) is 21.0 Å². The first-order valence-corrected chi connectivity index (χ1v) is 48.6. The molecular weight excluding hydrogens is 1750 g/mol. The van der Waals surface area contributed by atoms with Gasteiger partial charge in [-0.05, 0) is 98.2 Å². The average Bonchev–Trinajstić information content (AvgIpc) is 1.41. The third kappa shape index (κ3) is 17.8. The first-order chi connectivity index (χ1) is 60.6. The van der Waals surface area contributed by atoms with E-state index < -0.39 is 41.0 Å². The molecule has 16 aromatic rings. The maximum atomic E-state index is 12.2. The van der Waals surface area contributed by atoms with Crippen molar-refractivity contribution in [2.24, 2.45) is 14.1 Å². The number of hydrogen-bond acceptors (Lipinski definition) is 34. The topological polar surface area (TPSA) is 509 Å². The van der Waals surface area contributed by atoms with E-state index in [0.29, 0.717) is 66.8 Å². The van der Waals surface area contributed by atoms with E-state index in [9.17, 15) is 41.0 Å². The van der Waals surface area contributed by atoms with E-state index in [1.54, 1.807) is 84.0 Å². The number of hydrogen-bond donors (Lipinski definition) is 5. The van der Waals surface area contributed by atoms with Crippen molar-refractivity contribution in [3.8, 4) is 69.3 Å². The number of rotatable bonds is 27. The van der Waals surface area contributed by atoms with Gasteiger partial charge in [0, 0.05) is 130 Å². The van der Waals surface area contributed by atoms with Crippen LogP contribution in [0.3, 0.4) is 0 Å². The van der Waals surface area contributed by atoms with E-state index in [-0.39, 0.29) is 61.6 Å². The Kier molecular flexibility index (Phi) is 23.2. The highest BCUT2D eigenvalue weighted by atomic mass is 32.2. The number of nitrogens with zero attached hydrogens (tertiary/aromatic N) is 29. The summed E-state index contributed by atoms with van der Waals surface area (Å²) < 4.78 is 89.8. The Hall–Kier alpha value is -13.2. The number of aromatic nitrogens is 24. The number of thiophene rings is 4. The molecule has 16 aromatic heterocycles. The number of sulfonamides is 2. The molecule has 4 fully saturated rings. The lowest BCUT2D eigenvalue weighted by Crippen LogP contribution is -2.64. The van der Waals surface area contributed by atoms with Crippen LogP contribution in [0, 0.1) is 52.2 Å². The molecule has 2 aliphatic carbocycles. The molecule has 2 saturated carbocycles. The third-order valence-electron chi connectivity index (χ3n) is 22.1. The van der Waals surface area contributed by atoms with Crippen LogP contribution in [0.1, 0.15) is 76.8 Å². The zero-order valence-electron chi connectivity index (χ0n) is 68.6. The first kappa shape index (κ1) is 85.0. The van der Waals surface area contributed by atoms with Crippen LogP contribution in [0.25, 0.3) is 85.9 Å². The van der Waals surface area contributed by atoms with Gasteiger partial charge in [-0.3, -0.25) is 37.9 Å². The molecule has 47 heteroatoms. The Bertz CT molecular complexity index is 7290. The summed E-state index contributed by atoms with van der Waals surface area (Å²) in [6.07, 6.45) is 34.4. The molecule has 5 N–H and O–H groups in total.